The van der Waals surface area contributed by atoms with Crippen LogP contribution in [0.4, 0.5) is 13.2 Å². The molecule has 0 amide bonds. The zero-order valence-corrected chi connectivity index (χ0v) is 9.70. The highest BCUT2D eigenvalue weighted by molar-refractivity contribution is 8.13. The highest BCUT2D eigenvalue weighted by atomic mass is 35.7. The first-order valence-corrected chi connectivity index (χ1v) is 6.21. The van der Waals surface area contributed by atoms with Crippen molar-refractivity contribution in [2.45, 2.75) is 24.9 Å². The van der Waals surface area contributed by atoms with Crippen LogP contribution in [0.15, 0.2) is 4.90 Å². The van der Waals surface area contributed by atoms with Gasteiger partial charge in [0, 0.05) is 10.7 Å². The Labute approximate surface area is 93.9 Å². The van der Waals surface area contributed by atoms with E-state index in [0.29, 0.717) is 0 Å². The summed E-state index contributed by atoms with van der Waals surface area (Å²) in [5.41, 5.74) is -0.648. The average Bonchev–Trinajstić information content (AvgIpc) is 1.97. The third-order valence-corrected chi connectivity index (χ3v) is 3.24. The van der Waals surface area contributed by atoms with E-state index in [9.17, 15) is 21.6 Å². The molecule has 0 saturated heterocycles. The quantitative estimate of drug-likeness (QED) is 0.735. The first-order valence-electron chi connectivity index (χ1n) is 3.90. The monoisotopic (exact) mass is 274 g/mol. The van der Waals surface area contributed by atoms with E-state index in [-0.39, 0.29) is 11.4 Å². The molecule has 0 atom stereocenters. The number of aromatic nitrogens is 2. The molecule has 0 fully saturated rings. The van der Waals surface area contributed by atoms with Gasteiger partial charge in [-0.15, -0.1) is 0 Å². The Balaban J connectivity index is 3.53. The van der Waals surface area contributed by atoms with Gasteiger partial charge >= 0.3 is 6.18 Å². The Kier molecular flexibility index (Phi) is 3.17. The summed E-state index contributed by atoms with van der Waals surface area (Å²) in [7, 11) is 0.900. The van der Waals surface area contributed by atoms with Gasteiger partial charge in [-0.1, -0.05) is 0 Å². The van der Waals surface area contributed by atoms with Crippen molar-refractivity contribution in [1.29, 1.82) is 0 Å². The molecular formula is C7H6ClF3N2O2S. The molecule has 0 unspecified atom stereocenters. The van der Waals surface area contributed by atoms with Crippen LogP contribution in [0.5, 0.6) is 0 Å². The maximum absolute atomic E-state index is 12.3. The molecule has 0 radical (unpaired) electrons. The van der Waals surface area contributed by atoms with Crippen LogP contribution in [-0.4, -0.2) is 18.4 Å². The number of aryl methyl sites for hydroxylation is 2. The van der Waals surface area contributed by atoms with Gasteiger partial charge in [0.1, 0.15) is 4.90 Å². The van der Waals surface area contributed by atoms with Crippen molar-refractivity contribution in [2.75, 3.05) is 0 Å². The molecule has 0 saturated carbocycles. The van der Waals surface area contributed by atoms with Gasteiger partial charge in [-0.25, -0.2) is 18.4 Å². The van der Waals surface area contributed by atoms with Gasteiger partial charge in [0.05, 0.1) is 11.4 Å². The van der Waals surface area contributed by atoms with Crippen molar-refractivity contribution >= 4 is 19.7 Å². The molecule has 1 rings (SSSR count). The van der Waals surface area contributed by atoms with E-state index in [1.807, 2.05) is 0 Å². The van der Waals surface area contributed by atoms with Crippen LogP contribution in [0.2, 0.25) is 0 Å². The summed E-state index contributed by atoms with van der Waals surface area (Å²) < 4.78 is 58.9. The van der Waals surface area contributed by atoms with Gasteiger partial charge in [-0.3, -0.25) is 0 Å². The van der Waals surface area contributed by atoms with Crippen molar-refractivity contribution in [3.8, 4) is 0 Å². The normalized spacial score (nSPS) is 12.9. The molecule has 0 aliphatic carbocycles. The lowest BCUT2D eigenvalue weighted by Gasteiger charge is -2.09. The fourth-order valence-electron chi connectivity index (χ4n) is 1.19. The van der Waals surface area contributed by atoms with Crippen LogP contribution < -0.4 is 0 Å². The summed E-state index contributed by atoms with van der Waals surface area (Å²) in [6.45, 7) is 2.25. The fourth-order valence-corrected chi connectivity index (χ4v) is 2.65. The second kappa shape index (κ2) is 3.85. The van der Waals surface area contributed by atoms with Crippen molar-refractivity contribution in [3.05, 3.63) is 17.2 Å². The van der Waals surface area contributed by atoms with E-state index in [4.69, 9.17) is 10.7 Å². The minimum Gasteiger partial charge on any atom is -0.228 e. The highest BCUT2D eigenvalue weighted by Gasteiger charge is 2.36. The number of alkyl halides is 3. The summed E-state index contributed by atoms with van der Waals surface area (Å²) in [5, 5.41) is 0. The molecule has 16 heavy (non-hydrogen) atoms. The van der Waals surface area contributed by atoms with Crippen LogP contribution >= 0.6 is 10.7 Å². The SMILES string of the molecule is Cc1nc(C(F)(F)F)nc(C)c1S(=O)(=O)Cl. The molecule has 4 nitrogen and oxygen atoms in total. The molecule has 1 heterocycles. The largest absolute Gasteiger partial charge is 0.451 e. The average molecular weight is 275 g/mol. The maximum atomic E-state index is 12.3. The van der Waals surface area contributed by atoms with Crippen molar-refractivity contribution < 1.29 is 21.6 Å². The van der Waals surface area contributed by atoms with E-state index < -0.39 is 25.9 Å². The molecule has 0 N–H and O–H groups in total. The lowest BCUT2D eigenvalue weighted by Crippen LogP contribution is -2.15. The van der Waals surface area contributed by atoms with Crippen LogP contribution in [0.25, 0.3) is 0 Å². The Bertz CT molecular complexity index is 504. The zero-order valence-electron chi connectivity index (χ0n) is 8.13. The van der Waals surface area contributed by atoms with Gasteiger partial charge in [0.25, 0.3) is 9.05 Å². The van der Waals surface area contributed by atoms with Crippen molar-refractivity contribution in [1.82, 2.24) is 9.97 Å². The Morgan fingerprint density at radius 2 is 1.50 bits per heavy atom. The Morgan fingerprint density at radius 1 is 1.12 bits per heavy atom. The lowest BCUT2D eigenvalue weighted by atomic mass is 10.3. The number of hydrogen-bond donors (Lipinski definition) is 0. The topological polar surface area (TPSA) is 59.9 Å². The van der Waals surface area contributed by atoms with E-state index in [1.165, 1.54) is 0 Å². The lowest BCUT2D eigenvalue weighted by molar-refractivity contribution is -0.145. The Hall–Kier alpha value is -0.890. The van der Waals surface area contributed by atoms with Crippen molar-refractivity contribution in [3.63, 3.8) is 0 Å². The molecule has 0 aromatic carbocycles. The maximum Gasteiger partial charge on any atom is 0.451 e. The first kappa shape index (κ1) is 13.2. The van der Waals surface area contributed by atoms with Crippen molar-refractivity contribution in [2.24, 2.45) is 0 Å². The van der Waals surface area contributed by atoms with Gasteiger partial charge in [-0.05, 0) is 13.8 Å². The fraction of sp³-hybridized carbons (Fsp3) is 0.429. The smallest absolute Gasteiger partial charge is 0.228 e. The third-order valence-electron chi connectivity index (χ3n) is 1.70. The second-order valence-electron chi connectivity index (χ2n) is 2.98. The summed E-state index contributed by atoms with van der Waals surface area (Å²) in [6, 6.07) is 0. The third kappa shape index (κ3) is 2.62. The van der Waals surface area contributed by atoms with Crippen LogP contribution in [0.1, 0.15) is 17.2 Å². The van der Waals surface area contributed by atoms with Gasteiger partial charge in [-0.2, -0.15) is 13.2 Å². The number of rotatable bonds is 1. The minimum atomic E-state index is -4.72. The first-order chi connectivity index (χ1) is 7.03. The second-order valence-corrected chi connectivity index (χ2v) is 5.49. The van der Waals surface area contributed by atoms with E-state index in [1.54, 1.807) is 0 Å². The van der Waals surface area contributed by atoms with Crippen LogP contribution in [-0.2, 0) is 15.2 Å². The van der Waals surface area contributed by atoms with E-state index in [0.717, 1.165) is 13.8 Å². The molecule has 0 aliphatic rings. The van der Waals surface area contributed by atoms with Crippen LogP contribution in [0, 0.1) is 13.8 Å². The minimum absolute atomic E-state index is 0.324. The van der Waals surface area contributed by atoms with Gasteiger partial charge in [0.2, 0.25) is 5.82 Å². The molecule has 0 bridgehead atoms. The van der Waals surface area contributed by atoms with Crippen LogP contribution in [0.3, 0.4) is 0 Å². The van der Waals surface area contributed by atoms with Gasteiger partial charge < -0.3 is 0 Å². The molecule has 1 aromatic rings. The standard InChI is InChI=1S/C7H6ClF3N2O2S/c1-3-5(16(8,14)15)4(2)13-6(12-3)7(9,10)11/h1-2H3. The molecule has 0 aliphatic heterocycles. The highest BCUT2D eigenvalue weighted by Crippen LogP contribution is 2.29. The molecule has 1 aromatic heterocycles. The summed E-state index contributed by atoms with van der Waals surface area (Å²) in [6.07, 6.45) is -4.72. The molecule has 9 heteroatoms. The van der Waals surface area contributed by atoms with E-state index in [2.05, 4.69) is 9.97 Å². The molecular weight excluding hydrogens is 269 g/mol. The number of hydrogen-bond acceptors (Lipinski definition) is 4. The van der Waals surface area contributed by atoms with Gasteiger partial charge in [0.15, 0.2) is 0 Å². The summed E-state index contributed by atoms with van der Waals surface area (Å²) >= 11 is 0. The predicted octanol–water partition coefficient (Wildman–Crippen LogP) is 2.04. The summed E-state index contributed by atoms with van der Waals surface area (Å²) in [4.78, 5) is 5.66. The number of halogens is 4. The molecule has 0 spiro atoms. The van der Waals surface area contributed by atoms with E-state index >= 15 is 0 Å². The molecule has 90 valence electrons. The number of nitrogens with zero attached hydrogens (tertiary/aromatic N) is 2. The summed E-state index contributed by atoms with van der Waals surface area (Å²) in [5.74, 6) is -1.38. The zero-order chi connectivity index (χ0) is 12.7. The Morgan fingerprint density at radius 3 is 1.75 bits per heavy atom. The predicted molar refractivity (Wildman–Crippen MR) is 49.5 cm³/mol.